The average molecular weight is 733 g/mol. The van der Waals surface area contributed by atoms with Gasteiger partial charge in [0, 0.05) is 45.5 Å². The quantitative estimate of drug-likeness (QED) is 0.0537. The smallest absolute Gasteiger partial charge is 0.321 e. The van der Waals surface area contributed by atoms with Crippen molar-refractivity contribution in [2.75, 3.05) is 65.4 Å². The summed E-state index contributed by atoms with van der Waals surface area (Å²) in [7, 11) is 11.3. The lowest BCUT2D eigenvalue weighted by Crippen LogP contribution is -2.34. The number of allylic oxidation sites excluding steroid dienone is 2. The monoisotopic (exact) mass is 732 g/mol. The van der Waals surface area contributed by atoms with Gasteiger partial charge in [0.2, 0.25) is 0 Å². The number of nitrogens with zero attached hydrogens (tertiary/aromatic N) is 2. The number of esters is 2. The third-order valence-electron chi connectivity index (χ3n) is 9.29. The Balaban J connectivity index is 2.06. The van der Waals surface area contributed by atoms with Crippen molar-refractivity contribution in [1.29, 1.82) is 0 Å². The van der Waals surface area contributed by atoms with E-state index in [0.29, 0.717) is 12.8 Å². The Labute approximate surface area is 322 Å². The molecule has 4 rings (SSSR count). The van der Waals surface area contributed by atoms with Gasteiger partial charge in [-0.3, -0.25) is 9.59 Å². The molecule has 0 aliphatic heterocycles. The average Bonchev–Trinajstić information content (AvgIpc) is 3.19. The van der Waals surface area contributed by atoms with Crippen LogP contribution in [0.2, 0.25) is 0 Å². The maximum Gasteiger partial charge on any atom is 0.321 e. The summed E-state index contributed by atoms with van der Waals surface area (Å²) in [5.74, 6) is -1.85. The molecule has 8 nitrogen and oxygen atoms in total. The van der Waals surface area contributed by atoms with E-state index in [9.17, 15) is 9.59 Å². The van der Waals surface area contributed by atoms with Crippen LogP contribution in [0.15, 0.2) is 109 Å². The highest BCUT2D eigenvalue weighted by Gasteiger charge is 2.37. The van der Waals surface area contributed by atoms with Gasteiger partial charge in [-0.15, -0.1) is 0 Å². The second kappa shape index (κ2) is 20.7. The highest BCUT2D eigenvalue weighted by atomic mass is 16.6. The first kappa shape index (κ1) is 41.3. The van der Waals surface area contributed by atoms with Crippen molar-refractivity contribution >= 4 is 34.5 Å². The second-order valence-corrected chi connectivity index (χ2v) is 13.6. The largest absolute Gasteiger partial charge is 0.497 e. The van der Waals surface area contributed by atoms with Gasteiger partial charge in [-0.2, -0.15) is 0 Å². The number of hydrogen-bond donors (Lipinski definition) is 0. The summed E-state index contributed by atoms with van der Waals surface area (Å²) < 4.78 is 22.7. The van der Waals surface area contributed by atoms with Crippen molar-refractivity contribution < 1.29 is 28.5 Å². The van der Waals surface area contributed by atoms with Crippen LogP contribution in [0.25, 0.3) is 11.1 Å². The normalized spacial score (nSPS) is 12.2. The Hall–Kier alpha value is -5.50. The van der Waals surface area contributed by atoms with Crippen LogP contribution >= 0.6 is 0 Å². The third-order valence-corrected chi connectivity index (χ3v) is 9.29. The van der Waals surface area contributed by atoms with Crippen LogP contribution in [0.4, 0.5) is 11.4 Å². The van der Waals surface area contributed by atoms with Crippen LogP contribution in [0.5, 0.6) is 11.5 Å². The highest BCUT2D eigenvalue weighted by molar-refractivity contribution is 5.97. The molecule has 286 valence electrons. The van der Waals surface area contributed by atoms with Gasteiger partial charge in [0.1, 0.15) is 11.5 Å². The van der Waals surface area contributed by atoms with Crippen LogP contribution in [0.1, 0.15) is 61.8 Å². The van der Waals surface area contributed by atoms with E-state index in [4.69, 9.17) is 18.9 Å². The van der Waals surface area contributed by atoms with E-state index >= 15 is 0 Å². The summed E-state index contributed by atoms with van der Waals surface area (Å²) in [5, 5.41) is 0. The summed E-state index contributed by atoms with van der Waals surface area (Å²) >= 11 is 0. The molecule has 0 spiro atoms. The number of unbranched alkanes of at least 4 members (excludes halogenated alkanes) is 2. The fourth-order valence-electron chi connectivity index (χ4n) is 5.99. The van der Waals surface area contributed by atoms with E-state index in [1.54, 1.807) is 14.2 Å². The lowest BCUT2D eigenvalue weighted by Gasteiger charge is -2.24. The van der Waals surface area contributed by atoms with E-state index < -0.39 is 23.8 Å². The van der Waals surface area contributed by atoms with Crippen molar-refractivity contribution in [3.05, 3.63) is 131 Å². The highest BCUT2D eigenvalue weighted by Crippen LogP contribution is 2.35. The molecule has 0 atom stereocenters. The minimum absolute atomic E-state index is 0.211. The molecule has 54 heavy (non-hydrogen) atoms. The first-order valence-corrected chi connectivity index (χ1v) is 18.7. The summed E-state index contributed by atoms with van der Waals surface area (Å²) in [5.41, 5.74) is 7.40. The van der Waals surface area contributed by atoms with E-state index in [2.05, 4.69) is 48.5 Å². The zero-order valence-electron chi connectivity index (χ0n) is 33.1. The first-order chi connectivity index (χ1) is 26.1. The van der Waals surface area contributed by atoms with Crippen molar-refractivity contribution in [3.63, 3.8) is 0 Å². The van der Waals surface area contributed by atoms with Crippen molar-refractivity contribution in [2.45, 2.75) is 39.5 Å². The lowest BCUT2D eigenvalue weighted by molar-refractivity contribution is -0.163. The molecule has 0 N–H and O–H groups in total. The number of anilines is 2. The number of hydrogen-bond acceptors (Lipinski definition) is 8. The van der Waals surface area contributed by atoms with Gasteiger partial charge in [-0.1, -0.05) is 87.4 Å². The Bertz CT molecular complexity index is 1690. The molecule has 0 saturated carbocycles. The van der Waals surface area contributed by atoms with Crippen LogP contribution in [-0.2, 0) is 19.1 Å². The number of carbonyl (C=O) groups is 2. The minimum atomic E-state index is -1.28. The Morgan fingerprint density at radius 2 is 0.852 bits per heavy atom. The van der Waals surface area contributed by atoms with Crippen molar-refractivity contribution in [3.8, 4) is 11.5 Å². The zero-order chi connectivity index (χ0) is 39.0. The molecule has 0 heterocycles. The predicted octanol–water partition coefficient (Wildman–Crippen LogP) is 9.32. The van der Waals surface area contributed by atoms with Crippen LogP contribution in [0, 0.1) is 11.8 Å². The molecule has 0 amide bonds. The van der Waals surface area contributed by atoms with Gasteiger partial charge < -0.3 is 28.7 Å². The fourth-order valence-corrected chi connectivity index (χ4v) is 5.99. The Morgan fingerprint density at radius 3 is 1.13 bits per heavy atom. The molecular weight excluding hydrogens is 677 g/mol. The van der Waals surface area contributed by atoms with Crippen LogP contribution in [-0.4, -0.2) is 67.6 Å². The molecule has 4 aromatic carbocycles. The molecule has 0 saturated heterocycles. The van der Waals surface area contributed by atoms with Crippen molar-refractivity contribution in [1.82, 2.24) is 0 Å². The SMILES string of the molecule is CCCCOC(=O)C(C(=O)OCCCC)C(C=C(c1ccc(OC)cc1)c1ccc(N(C)C)cc1)C=C(c1ccc(OC)cc1)c1ccc(N(C)C)cc1. The first-order valence-electron chi connectivity index (χ1n) is 18.7. The van der Waals surface area contributed by atoms with Crippen molar-refractivity contribution in [2.24, 2.45) is 11.8 Å². The molecule has 0 bridgehead atoms. The maximum atomic E-state index is 14.2. The van der Waals surface area contributed by atoms with Gasteiger partial charge in [-0.05, 0) is 94.8 Å². The number of benzene rings is 4. The molecule has 0 aliphatic rings. The zero-order valence-corrected chi connectivity index (χ0v) is 33.1. The second-order valence-electron chi connectivity index (χ2n) is 13.6. The van der Waals surface area contributed by atoms with Crippen LogP contribution < -0.4 is 19.3 Å². The molecule has 0 unspecified atom stereocenters. The summed E-state index contributed by atoms with van der Waals surface area (Å²) in [6.07, 6.45) is 7.08. The standard InChI is InChI=1S/C46H56N2O6/c1-9-11-29-53-45(49)44(46(50)54-30-12-10-2)37(31-42(35-17-25-40(51-7)26-18-35)33-13-21-38(22-14-33)47(3)4)32-43(36-19-27-41(52-8)28-20-36)34-15-23-39(24-16-34)48(5)6/h13-28,31-32,37,44H,9-12,29-30H2,1-8H3. The minimum Gasteiger partial charge on any atom is -0.497 e. The molecule has 0 aromatic heterocycles. The fraction of sp³-hybridized carbons (Fsp3) is 0.348. The van der Waals surface area contributed by atoms with Gasteiger partial charge in [-0.25, -0.2) is 0 Å². The number of methoxy groups -OCH3 is 2. The topological polar surface area (TPSA) is 77.5 Å². The Kier molecular flexibility index (Phi) is 15.8. The lowest BCUT2D eigenvalue weighted by atomic mass is 9.83. The maximum absolute atomic E-state index is 14.2. The predicted molar refractivity (Wildman–Crippen MR) is 220 cm³/mol. The van der Waals surface area contributed by atoms with Gasteiger partial charge in [0.25, 0.3) is 0 Å². The van der Waals surface area contributed by atoms with Gasteiger partial charge in [0.05, 0.1) is 27.4 Å². The summed E-state index contributed by atoms with van der Waals surface area (Å²) in [6, 6.07) is 32.1. The van der Waals surface area contributed by atoms with E-state index in [-0.39, 0.29) is 13.2 Å². The number of carbonyl (C=O) groups excluding carboxylic acids is 2. The molecular formula is C46H56N2O6. The van der Waals surface area contributed by atoms with E-state index in [0.717, 1.165) is 69.1 Å². The molecule has 8 heteroatoms. The molecule has 0 radical (unpaired) electrons. The Morgan fingerprint density at radius 1 is 0.537 bits per heavy atom. The van der Waals surface area contributed by atoms with Gasteiger partial charge >= 0.3 is 11.9 Å². The third kappa shape index (κ3) is 11.3. The number of rotatable bonds is 19. The van der Waals surface area contributed by atoms with E-state index in [1.807, 2.05) is 113 Å². The van der Waals surface area contributed by atoms with E-state index in [1.165, 1.54) is 0 Å². The number of ether oxygens (including phenoxy) is 4. The molecule has 4 aromatic rings. The molecule has 0 aliphatic carbocycles. The molecule has 0 fully saturated rings. The summed E-state index contributed by atoms with van der Waals surface area (Å²) in [4.78, 5) is 32.5. The summed E-state index contributed by atoms with van der Waals surface area (Å²) in [6.45, 7) is 4.49. The van der Waals surface area contributed by atoms with Crippen LogP contribution in [0.3, 0.4) is 0 Å². The van der Waals surface area contributed by atoms with Gasteiger partial charge in [0.15, 0.2) is 5.92 Å².